The lowest BCUT2D eigenvalue weighted by Gasteiger charge is -2.35. The lowest BCUT2D eigenvalue weighted by atomic mass is 9.89. The molecule has 4 rings (SSSR count). The number of halogens is 1. The van der Waals surface area contributed by atoms with E-state index in [-0.39, 0.29) is 11.0 Å². The van der Waals surface area contributed by atoms with E-state index in [0.717, 1.165) is 35.9 Å². The van der Waals surface area contributed by atoms with E-state index in [1.165, 1.54) is 16.7 Å². The van der Waals surface area contributed by atoms with Gasteiger partial charge in [-0.3, -0.25) is 0 Å². The molecule has 0 aliphatic rings. The van der Waals surface area contributed by atoms with Gasteiger partial charge in [0.1, 0.15) is 18.2 Å². The van der Waals surface area contributed by atoms with E-state index in [1.807, 2.05) is 36.4 Å². The van der Waals surface area contributed by atoms with Gasteiger partial charge in [0, 0.05) is 22.4 Å². The maximum Gasteiger partial charge on any atom is 0.130 e. The van der Waals surface area contributed by atoms with E-state index in [9.17, 15) is 4.39 Å². The summed E-state index contributed by atoms with van der Waals surface area (Å²) < 4.78 is 21.3. The molecule has 0 amide bonds. The van der Waals surface area contributed by atoms with Gasteiger partial charge in [0.05, 0.1) is 0 Å². The van der Waals surface area contributed by atoms with Crippen molar-refractivity contribution < 1.29 is 9.13 Å². The summed E-state index contributed by atoms with van der Waals surface area (Å²) in [6, 6.07) is 34.5. The molecule has 1 unspecified atom stereocenters. The molecular weight excluding hydrogens is 438 g/mol. The Hall–Kier alpha value is -2.96. The summed E-state index contributed by atoms with van der Waals surface area (Å²) in [7, 11) is 0.319. The van der Waals surface area contributed by atoms with Crippen molar-refractivity contribution in [2.45, 2.75) is 44.9 Å². The summed E-state index contributed by atoms with van der Waals surface area (Å²) in [6.07, 6.45) is 2.62. The molecule has 34 heavy (non-hydrogen) atoms. The second-order valence-electron chi connectivity index (χ2n) is 8.62. The molecule has 0 aliphatic carbocycles. The molecule has 4 aromatic carbocycles. The van der Waals surface area contributed by atoms with Gasteiger partial charge in [-0.2, -0.15) is 0 Å². The first-order valence-electron chi connectivity index (χ1n) is 12.0. The summed E-state index contributed by atoms with van der Waals surface area (Å²) in [6.45, 7) is 4.93. The van der Waals surface area contributed by atoms with Crippen LogP contribution in [-0.2, 0) is 18.2 Å². The van der Waals surface area contributed by atoms with E-state index in [4.69, 9.17) is 4.74 Å². The third-order valence-electron chi connectivity index (χ3n) is 6.53. The van der Waals surface area contributed by atoms with Crippen LogP contribution in [0.25, 0.3) is 0 Å². The van der Waals surface area contributed by atoms with Crippen molar-refractivity contribution in [1.82, 2.24) is 0 Å². The minimum absolute atomic E-state index is 0.126. The lowest BCUT2D eigenvalue weighted by molar-refractivity contribution is 0.295. The van der Waals surface area contributed by atoms with Crippen molar-refractivity contribution in [2.75, 3.05) is 0 Å². The van der Waals surface area contributed by atoms with Gasteiger partial charge >= 0.3 is 0 Å². The Morgan fingerprint density at radius 3 is 1.97 bits per heavy atom. The van der Waals surface area contributed by atoms with Crippen LogP contribution >= 0.6 is 8.58 Å². The van der Waals surface area contributed by atoms with E-state index in [0.29, 0.717) is 15.2 Å². The molecule has 0 aliphatic heterocycles. The van der Waals surface area contributed by atoms with Crippen molar-refractivity contribution in [3.8, 4) is 5.75 Å². The molecule has 4 aromatic rings. The van der Waals surface area contributed by atoms with Crippen molar-refractivity contribution in [1.29, 1.82) is 0 Å². The summed E-state index contributed by atoms with van der Waals surface area (Å²) in [5, 5.41) is 0.592. The van der Waals surface area contributed by atoms with E-state index in [2.05, 4.69) is 68.4 Å². The van der Waals surface area contributed by atoms with E-state index >= 15 is 0 Å². The highest BCUT2D eigenvalue weighted by molar-refractivity contribution is 7.48. The Morgan fingerprint density at radius 1 is 0.706 bits per heavy atom. The minimum Gasteiger partial charge on any atom is -0.488 e. The SMILES string of the molecule is CCC(CC)(Pc1ccccc1F)c1cccc(Cc2ccccc2)c1OCc1ccccc1. The van der Waals surface area contributed by atoms with Crippen LogP contribution in [0.15, 0.2) is 103 Å². The van der Waals surface area contributed by atoms with Gasteiger partial charge in [0.2, 0.25) is 0 Å². The Labute approximate surface area is 204 Å². The number of hydrogen-bond acceptors (Lipinski definition) is 1. The van der Waals surface area contributed by atoms with Gasteiger partial charge in [-0.05, 0) is 35.6 Å². The summed E-state index contributed by atoms with van der Waals surface area (Å²) in [5.74, 6) is 0.821. The third-order valence-corrected chi connectivity index (χ3v) is 8.66. The molecule has 0 N–H and O–H groups in total. The van der Waals surface area contributed by atoms with Crippen LogP contribution in [0.1, 0.15) is 48.9 Å². The van der Waals surface area contributed by atoms with Crippen molar-refractivity contribution in [2.24, 2.45) is 0 Å². The predicted molar refractivity (Wildman–Crippen MR) is 143 cm³/mol. The number of benzene rings is 4. The standard InChI is InChI=1S/C31H32FOP/c1-3-31(4-2,34-29-21-12-11-20-28(29)32)27-19-13-18-26(22-24-14-7-5-8-15-24)30(27)33-23-25-16-9-6-10-17-25/h5-21,34H,3-4,22-23H2,1-2H3. The van der Waals surface area contributed by atoms with Crippen molar-refractivity contribution >= 4 is 13.9 Å². The zero-order chi connectivity index (χ0) is 23.8. The molecule has 1 atom stereocenters. The molecule has 0 saturated heterocycles. The molecule has 0 fully saturated rings. The van der Waals surface area contributed by atoms with Crippen molar-refractivity contribution in [3.63, 3.8) is 0 Å². The fourth-order valence-corrected chi connectivity index (χ4v) is 6.10. The highest BCUT2D eigenvalue weighted by Gasteiger charge is 2.33. The predicted octanol–water partition coefficient (Wildman–Crippen LogP) is 8.01. The zero-order valence-corrected chi connectivity index (χ0v) is 20.9. The Kier molecular flexibility index (Phi) is 8.14. The van der Waals surface area contributed by atoms with Crippen LogP contribution in [0.5, 0.6) is 5.75 Å². The number of para-hydroxylation sites is 1. The van der Waals surface area contributed by atoms with Gasteiger partial charge in [-0.25, -0.2) is 4.39 Å². The highest BCUT2D eigenvalue weighted by atomic mass is 31.1. The smallest absolute Gasteiger partial charge is 0.130 e. The Morgan fingerprint density at radius 2 is 1.32 bits per heavy atom. The maximum absolute atomic E-state index is 14.7. The number of ether oxygens (including phenoxy) is 1. The molecular formula is C31H32FOP. The highest BCUT2D eigenvalue weighted by Crippen LogP contribution is 2.51. The summed E-state index contributed by atoms with van der Waals surface area (Å²) >= 11 is 0. The largest absolute Gasteiger partial charge is 0.488 e. The quantitative estimate of drug-likeness (QED) is 0.213. The maximum atomic E-state index is 14.7. The van der Waals surface area contributed by atoms with Crippen LogP contribution in [0.2, 0.25) is 0 Å². The Balaban J connectivity index is 1.78. The number of hydrogen-bond donors (Lipinski definition) is 0. The van der Waals surface area contributed by atoms with Gasteiger partial charge in [0.15, 0.2) is 0 Å². The van der Waals surface area contributed by atoms with Crippen LogP contribution in [-0.4, -0.2) is 0 Å². The van der Waals surface area contributed by atoms with Gasteiger partial charge < -0.3 is 4.74 Å². The van der Waals surface area contributed by atoms with Crippen LogP contribution in [0, 0.1) is 5.82 Å². The van der Waals surface area contributed by atoms with Crippen molar-refractivity contribution in [3.05, 3.63) is 131 Å². The first kappa shape index (κ1) is 24.2. The fraction of sp³-hybridized carbons (Fsp3) is 0.226. The molecule has 3 heteroatoms. The van der Waals surface area contributed by atoms with Crippen LogP contribution < -0.4 is 10.0 Å². The fourth-order valence-electron chi connectivity index (χ4n) is 4.51. The van der Waals surface area contributed by atoms with Crippen LogP contribution in [0.4, 0.5) is 4.39 Å². The van der Waals surface area contributed by atoms with Gasteiger partial charge in [-0.1, -0.05) is 119 Å². The Bertz CT molecular complexity index is 1190. The number of rotatable bonds is 10. The lowest BCUT2D eigenvalue weighted by Crippen LogP contribution is -2.24. The van der Waals surface area contributed by atoms with Gasteiger partial charge in [-0.15, -0.1) is 0 Å². The summed E-state index contributed by atoms with van der Waals surface area (Å²) in [4.78, 5) is 0. The average Bonchev–Trinajstić information content (AvgIpc) is 2.89. The van der Waals surface area contributed by atoms with Crippen LogP contribution in [0.3, 0.4) is 0 Å². The first-order valence-corrected chi connectivity index (χ1v) is 13.0. The molecule has 0 spiro atoms. The third kappa shape index (κ3) is 5.57. The average molecular weight is 471 g/mol. The molecule has 174 valence electrons. The molecule has 1 nitrogen and oxygen atoms in total. The molecule has 0 aromatic heterocycles. The molecule has 0 heterocycles. The molecule has 0 saturated carbocycles. The second kappa shape index (κ2) is 11.4. The monoisotopic (exact) mass is 470 g/mol. The minimum atomic E-state index is -0.194. The normalized spacial score (nSPS) is 11.7. The molecule has 0 bridgehead atoms. The molecule has 0 radical (unpaired) electrons. The zero-order valence-electron chi connectivity index (χ0n) is 19.9. The van der Waals surface area contributed by atoms with Gasteiger partial charge in [0.25, 0.3) is 0 Å². The van der Waals surface area contributed by atoms with E-state index in [1.54, 1.807) is 12.1 Å². The second-order valence-corrected chi connectivity index (χ2v) is 10.4. The van der Waals surface area contributed by atoms with E-state index < -0.39 is 0 Å². The topological polar surface area (TPSA) is 9.23 Å². The summed E-state index contributed by atoms with van der Waals surface area (Å²) in [5.41, 5.74) is 4.74. The first-order chi connectivity index (χ1) is 16.6.